The molecule has 1 fully saturated rings. The number of anilines is 1. The van der Waals surface area contributed by atoms with Gasteiger partial charge < -0.3 is 19.9 Å². The molecule has 186 valence electrons. The van der Waals surface area contributed by atoms with E-state index in [9.17, 15) is 9.18 Å². The Kier molecular flexibility index (Phi) is 6.99. The lowest BCUT2D eigenvalue weighted by Gasteiger charge is -2.33. The van der Waals surface area contributed by atoms with Crippen LogP contribution in [0.1, 0.15) is 30.1 Å². The molecule has 1 amide bonds. The number of nitrogens with zero attached hydrogens (tertiary/aromatic N) is 4. The van der Waals surface area contributed by atoms with E-state index in [0.717, 1.165) is 24.4 Å². The number of hydrogen-bond acceptors (Lipinski definition) is 6. The van der Waals surface area contributed by atoms with Gasteiger partial charge in [0.1, 0.15) is 11.4 Å². The number of H-pyrrole nitrogens is 1. The number of piperidine rings is 1. The maximum atomic E-state index is 14.6. The molecule has 8 nitrogen and oxygen atoms in total. The fraction of sp³-hybridized carbons (Fsp3) is 0.308. The molecule has 0 saturated carbocycles. The average Bonchev–Trinajstić information content (AvgIpc) is 3.31. The van der Waals surface area contributed by atoms with Gasteiger partial charge >= 0.3 is 0 Å². The van der Waals surface area contributed by atoms with Crippen LogP contribution in [0.15, 0.2) is 48.9 Å². The molecule has 1 atom stereocenters. The highest BCUT2D eigenvalue weighted by atomic mass is 35.5. The van der Waals surface area contributed by atoms with Crippen LogP contribution in [-0.2, 0) is 0 Å². The number of aromatic amines is 1. The smallest absolute Gasteiger partial charge is 0.257 e. The first kappa shape index (κ1) is 24.0. The topological polar surface area (TPSA) is 96.0 Å². The average molecular weight is 509 g/mol. The Bertz CT molecular complexity index is 1390. The van der Waals surface area contributed by atoms with Crippen LogP contribution in [0.4, 0.5) is 10.2 Å². The number of carbonyl (C=O) groups excluding carboxylic acids is 1. The molecule has 0 spiro atoms. The highest BCUT2D eigenvalue weighted by Gasteiger charge is 2.26. The van der Waals surface area contributed by atoms with Gasteiger partial charge in [0, 0.05) is 43.0 Å². The molecule has 1 aliphatic heterocycles. The zero-order valence-electron chi connectivity index (χ0n) is 19.8. The molecule has 36 heavy (non-hydrogen) atoms. The minimum absolute atomic E-state index is 0.0501. The van der Waals surface area contributed by atoms with Crippen molar-refractivity contribution in [3.8, 4) is 17.1 Å². The summed E-state index contributed by atoms with van der Waals surface area (Å²) in [6.45, 7) is 4.11. The summed E-state index contributed by atoms with van der Waals surface area (Å²) in [5.74, 6) is 0.636. The van der Waals surface area contributed by atoms with Crippen molar-refractivity contribution >= 4 is 34.4 Å². The van der Waals surface area contributed by atoms with Crippen LogP contribution in [0, 0.1) is 11.7 Å². The Balaban J connectivity index is 1.29. The van der Waals surface area contributed by atoms with Crippen LogP contribution in [0.3, 0.4) is 0 Å². The standard InChI is InChI=1S/C26H26ClFN6O2/c1-2-36-22-8-4-3-7-18(22)26(35)34-9-5-6-16(15-34)11-29-25-21(28)14-32-24(33-25)20-13-31-23-19(20)10-17(27)12-30-23/h3-4,7-8,10,12-14,16H,2,5-6,9,11,15H2,1H3,(H,30,31)(H,29,32,33). The zero-order valence-corrected chi connectivity index (χ0v) is 20.6. The number of carbonyl (C=O) groups is 1. The molecule has 3 aromatic heterocycles. The van der Waals surface area contributed by atoms with Crippen molar-refractivity contribution in [2.24, 2.45) is 5.92 Å². The van der Waals surface area contributed by atoms with Gasteiger partial charge in [-0.3, -0.25) is 4.79 Å². The molecule has 5 rings (SSSR count). The van der Waals surface area contributed by atoms with Crippen molar-refractivity contribution in [2.45, 2.75) is 19.8 Å². The Morgan fingerprint density at radius 2 is 2.17 bits per heavy atom. The summed E-state index contributed by atoms with van der Waals surface area (Å²) in [7, 11) is 0. The quantitative estimate of drug-likeness (QED) is 0.357. The summed E-state index contributed by atoms with van der Waals surface area (Å²) in [5, 5.41) is 4.38. The summed E-state index contributed by atoms with van der Waals surface area (Å²) in [5.41, 5.74) is 1.90. The molecule has 2 N–H and O–H groups in total. The monoisotopic (exact) mass is 508 g/mol. The lowest BCUT2D eigenvalue weighted by atomic mass is 9.97. The minimum atomic E-state index is -0.538. The van der Waals surface area contributed by atoms with E-state index in [1.165, 1.54) is 0 Å². The molecule has 1 saturated heterocycles. The van der Waals surface area contributed by atoms with Gasteiger partial charge in [0.25, 0.3) is 5.91 Å². The third kappa shape index (κ3) is 4.97. The number of aromatic nitrogens is 4. The van der Waals surface area contributed by atoms with Crippen LogP contribution >= 0.6 is 11.6 Å². The van der Waals surface area contributed by atoms with Gasteiger partial charge in [-0.05, 0) is 43.9 Å². The lowest BCUT2D eigenvalue weighted by molar-refractivity contribution is 0.0676. The second kappa shape index (κ2) is 10.5. The Hall–Kier alpha value is -3.72. The maximum Gasteiger partial charge on any atom is 0.257 e. The first-order chi connectivity index (χ1) is 17.5. The third-order valence-electron chi connectivity index (χ3n) is 6.26. The highest BCUT2D eigenvalue weighted by Crippen LogP contribution is 2.29. The van der Waals surface area contributed by atoms with Crippen LogP contribution in [0.2, 0.25) is 5.02 Å². The van der Waals surface area contributed by atoms with E-state index < -0.39 is 5.82 Å². The number of likely N-dealkylation sites (tertiary alicyclic amines) is 1. The number of nitrogens with one attached hydrogen (secondary N) is 2. The summed E-state index contributed by atoms with van der Waals surface area (Å²) >= 11 is 6.10. The van der Waals surface area contributed by atoms with Crippen molar-refractivity contribution in [1.82, 2.24) is 24.8 Å². The van der Waals surface area contributed by atoms with Gasteiger partial charge in [-0.1, -0.05) is 23.7 Å². The van der Waals surface area contributed by atoms with Crippen LogP contribution in [0.25, 0.3) is 22.4 Å². The van der Waals surface area contributed by atoms with E-state index in [4.69, 9.17) is 16.3 Å². The van der Waals surface area contributed by atoms with Crippen molar-refractivity contribution in [1.29, 1.82) is 0 Å². The fourth-order valence-electron chi connectivity index (χ4n) is 4.54. The van der Waals surface area contributed by atoms with Crippen molar-refractivity contribution in [3.05, 3.63) is 65.3 Å². The van der Waals surface area contributed by atoms with Gasteiger partial charge in [-0.2, -0.15) is 0 Å². The highest BCUT2D eigenvalue weighted by molar-refractivity contribution is 6.31. The third-order valence-corrected chi connectivity index (χ3v) is 6.47. The number of benzene rings is 1. The molecular formula is C26H26ClFN6O2. The lowest BCUT2D eigenvalue weighted by Crippen LogP contribution is -2.42. The van der Waals surface area contributed by atoms with Gasteiger partial charge in [0.2, 0.25) is 0 Å². The predicted octanol–water partition coefficient (Wildman–Crippen LogP) is 5.18. The largest absolute Gasteiger partial charge is 0.493 e. The van der Waals surface area contributed by atoms with Crippen LogP contribution < -0.4 is 10.1 Å². The van der Waals surface area contributed by atoms with E-state index in [0.29, 0.717) is 59.6 Å². The van der Waals surface area contributed by atoms with E-state index in [1.54, 1.807) is 24.5 Å². The van der Waals surface area contributed by atoms with Gasteiger partial charge in [0.15, 0.2) is 17.5 Å². The minimum Gasteiger partial charge on any atom is -0.493 e. The number of fused-ring (bicyclic) bond motifs is 1. The second-order valence-corrected chi connectivity index (χ2v) is 9.15. The molecule has 0 bridgehead atoms. The van der Waals surface area contributed by atoms with E-state index >= 15 is 0 Å². The summed E-state index contributed by atoms with van der Waals surface area (Å²) < 4.78 is 20.2. The van der Waals surface area contributed by atoms with E-state index in [2.05, 4.69) is 25.3 Å². The number of pyridine rings is 1. The summed E-state index contributed by atoms with van der Waals surface area (Å²) in [4.78, 5) is 31.0. The Labute approximate surface area is 212 Å². The van der Waals surface area contributed by atoms with Crippen molar-refractivity contribution in [3.63, 3.8) is 0 Å². The Morgan fingerprint density at radius 1 is 1.31 bits per heavy atom. The first-order valence-electron chi connectivity index (χ1n) is 11.9. The number of rotatable bonds is 7. The second-order valence-electron chi connectivity index (χ2n) is 8.71. The number of halogens is 2. The van der Waals surface area contributed by atoms with Crippen LogP contribution in [0.5, 0.6) is 5.75 Å². The van der Waals surface area contributed by atoms with E-state index in [-0.39, 0.29) is 17.6 Å². The van der Waals surface area contributed by atoms with Gasteiger partial charge in [-0.25, -0.2) is 19.3 Å². The predicted molar refractivity (Wildman–Crippen MR) is 137 cm³/mol. The molecule has 4 aromatic rings. The number of para-hydroxylation sites is 1. The molecule has 1 aromatic carbocycles. The molecule has 1 unspecified atom stereocenters. The SMILES string of the molecule is CCOc1ccccc1C(=O)N1CCCC(CNc2nc(-c3c[nH]c4ncc(Cl)cc34)ncc2F)C1. The van der Waals surface area contributed by atoms with Crippen molar-refractivity contribution in [2.75, 3.05) is 31.6 Å². The van der Waals surface area contributed by atoms with Crippen molar-refractivity contribution < 1.29 is 13.9 Å². The van der Waals surface area contributed by atoms with E-state index in [1.807, 2.05) is 30.0 Å². The van der Waals surface area contributed by atoms with Gasteiger partial charge in [0.05, 0.1) is 23.4 Å². The number of amides is 1. The molecule has 0 radical (unpaired) electrons. The maximum absolute atomic E-state index is 14.6. The first-order valence-corrected chi connectivity index (χ1v) is 12.3. The molecule has 1 aliphatic rings. The molecule has 0 aliphatic carbocycles. The summed E-state index contributed by atoms with van der Waals surface area (Å²) in [6, 6.07) is 9.07. The molecule has 10 heteroatoms. The number of ether oxygens (including phenoxy) is 1. The molecular weight excluding hydrogens is 483 g/mol. The Morgan fingerprint density at radius 3 is 3.03 bits per heavy atom. The zero-order chi connectivity index (χ0) is 25.1. The fourth-order valence-corrected chi connectivity index (χ4v) is 4.69. The normalized spacial score (nSPS) is 15.8. The van der Waals surface area contributed by atoms with Crippen LogP contribution in [-0.4, -0.2) is 57.0 Å². The van der Waals surface area contributed by atoms with Gasteiger partial charge in [-0.15, -0.1) is 0 Å². The molecule has 4 heterocycles. The number of hydrogen-bond donors (Lipinski definition) is 2. The summed E-state index contributed by atoms with van der Waals surface area (Å²) in [6.07, 6.45) is 6.24.